The van der Waals surface area contributed by atoms with Crippen LogP contribution >= 0.6 is 0 Å². The third-order valence-corrected chi connectivity index (χ3v) is 2.15. The summed E-state index contributed by atoms with van der Waals surface area (Å²) in [5.41, 5.74) is 1.01. The Bertz CT molecular complexity index is 519. The average molecular weight is 217 g/mol. The average Bonchev–Trinajstić information content (AvgIpc) is 2.64. The molecule has 0 unspecified atom stereocenters. The van der Waals surface area contributed by atoms with Crippen LogP contribution in [0.25, 0.3) is 0 Å². The monoisotopic (exact) mass is 217 g/mol. The van der Waals surface area contributed by atoms with Crippen LogP contribution in [-0.2, 0) is 7.05 Å². The highest BCUT2D eigenvalue weighted by atomic mass is 16.3. The Labute approximate surface area is 92.4 Å². The van der Waals surface area contributed by atoms with Crippen molar-refractivity contribution in [3.8, 4) is 5.75 Å². The zero-order valence-electron chi connectivity index (χ0n) is 8.71. The molecule has 2 N–H and O–H groups in total. The molecule has 1 aromatic carbocycles. The van der Waals surface area contributed by atoms with Gasteiger partial charge in [-0.2, -0.15) is 0 Å². The summed E-state index contributed by atoms with van der Waals surface area (Å²) in [6, 6.07) is 6.39. The molecular weight excluding hydrogens is 206 g/mol. The van der Waals surface area contributed by atoms with Crippen molar-refractivity contribution in [1.82, 2.24) is 9.55 Å². The first-order valence-electron chi connectivity index (χ1n) is 4.73. The number of rotatable bonds is 2. The van der Waals surface area contributed by atoms with Crippen LogP contribution in [0.3, 0.4) is 0 Å². The Morgan fingerprint density at radius 3 is 2.94 bits per heavy atom. The van der Waals surface area contributed by atoms with E-state index in [1.807, 2.05) is 0 Å². The van der Waals surface area contributed by atoms with E-state index in [1.54, 1.807) is 36.1 Å². The van der Waals surface area contributed by atoms with Crippen LogP contribution in [0, 0.1) is 0 Å². The maximum absolute atomic E-state index is 11.8. The van der Waals surface area contributed by atoms with Crippen LogP contribution in [0.15, 0.2) is 36.8 Å². The molecule has 5 nitrogen and oxygen atoms in total. The number of benzene rings is 1. The van der Waals surface area contributed by atoms with Crippen molar-refractivity contribution in [2.24, 2.45) is 7.05 Å². The van der Waals surface area contributed by atoms with Crippen LogP contribution < -0.4 is 5.32 Å². The van der Waals surface area contributed by atoms with Gasteiger partial charge in [0.1, 0.15) is 11.4 Å². The minimum atomic E-state index is -0.259. The molecule has 0 radical (unpaired) electrons. The summed E-state index contributed by atoms with van der Waals surface area (Å²) < 4.78 is 1.62. The van der Waals surface area contributed by atoms with Gasteiger partial charge in [-0.05, 0) is 12.1 Å². The number of carbonyl (C=O) groups excluding carboxylic acids is 1. The van der Waals surface area contributed by atoms with Crippen LogP contribution in [0.1, 0.15) is 10.5 Å². The molecular formula is C11H11N3O2. The number of carbonyl (C=O) groups is 1. The second-order valence-electron chi connectivity index (χ2n) is 3.39. The molecule has 1 heterocycles. The van der Waals surface area contributed by atoms with Gasteiger partial charge >= 0.3 is 0 Å². The number of imidazole rings is 1. The molecule has 0 aliphatic carbocycles. The number of nitrogens with one attached hydrogen (secondary N) is 1. The summed E-state index contributed by atoms with van der Waals surface area (Å²) in [6.45, 7) is 0. The maximum atomic E-state index is 11.8. The lowest BCUT2D eigenvalue weighted by Gasteiger charge is -2.05. The van der Waals surface area contributed by atoms with Crippen LogP contribution in [0.5, 0.6) is 5.75 Å². The number of phenols is 1. The number of aromatic nitrogens is 2. The van der Waals surface area contributed by atoms with Gasteiger partial charge in [0.25, 0.3) is 5.91 Å². The van der Waals surface area contributed by atoms with Crippen molar-refractivity contribution >= 4 is 11.6 Å². The molecule has 0 saturated heterocycles. The van der Waals surface area contributed by atoms with E-state index in [-0.39, 0.29) is 11.7 Å². The predicted octanol–water partition coefficient (Wildman–Crippen LogP) is 1.38. The lowest BCUT2D eigenvalue weighted by Crippen LogP contribution is -2.15. The molecule has 0 aliphatic heterocycles. The number of nitrogens with zero attached hydrogens (tertiary/aromatic N) is 2. The van der Waals surface area contributed by atoms with Crippen molar-refractivity contribution in [3.63, 3.8) is 0 Å². The lowest BCUT2D eigenvalue weighted by molar-refractivity contribution is 0.101. The van der Waals surface area contributed by atoms with Gasteiger partial charge in [0.2, 0.25) is 0 Å². The highest BCUT2D eigenvalue weighted by Crippen LogP contribution is 2.16. The van der Waals surface area contributed by atoms with Gasteiger partial charge < -0.3 is 15.0 Å². The molecule has 16 heavy (non-hydrogen) atoms. The minimum Gasteiger partial charge on any atom is -0.508 e. The Morgan fingerprint density at radius 1 is 1.50 bits per heavy atom. The summed E-state index contributed by atoms with van der Waals surface area (Å²) in [7, 11) is 1.74. The fourth-order valence-electron chi connectivity index (χ4n) is 1.35. The lowest BCUT2D eigenvalue weighted by atomic mass is 10.3. The van der Waals surface area contributed by atoms with E-state index >= 15 is 0 Å². The molecule has 0 saturated carbocycles. The molecule has 5 heteroatoms. The Morgan fingerprint density at radius 2 is 2.31 bits per heavy atom. The molecule has 0 bridgehead atoms. The van der Waals surface area contributed by atoms with Crippen molar-refractivity contribution < 1.29 is 9.90 Å². The van der Waals surface area contributed by atoms with Crippen LogP contribution in [-0.4, -0.2) is 20.6 Å². The third kappa shape index (κ3) is 2.03. The van der Waals surface area contributed by atoms with E-state index in [2.05, 4.69) is 10.3 Å². The highest BCUT2D eigenvalue weighted by molar-refractivity contribution is 6.02. The van der Waals surface area contributed by atoms with Gasteiger partial charge in [0.05, 0.1) is 12.5 Å². The van der Waals surface area contributed by atoms with E-state index in [0.29, 0.717) is 11.4 Å². The second-order valence-corrected chi connectivity index (χ2v) is 3.39. The normalized spacial score (nSPS) is 10.1. The SMILES string of the molecule is Cn1cncc1C(=O)Nc1cccc(O)c1. The molecule has 2 rings (SSSR count). The second kappa shape index (κ2) is 4.06. The molecule has 2 aromatic rings. The van der Waals surface area contributed by atoms with E-state index in [9.17, 15) is 9.90 Å². The Kier molecular flexibility index (Phi) is 2.59. The molecule has 1 aromatic heterocycles. The molecule has 0 spiro atoms. The minimum absolute atomic E-state index is 0.114. The van der Waals surface area contributed by atoms with Crippen molar-refractivity contribution in [1.29, 1.82) is 0 Å². The number of aryl methyl sites for hydroxylation is 1. The topological polar surface area (TPSA) is 67.2 Å². The van der Waals surface area contributed by atoms with Gasteiger partial charge in [-0.25, -0.2) is 4.98 Å². The van der Waals surface area contributed by atoms with Gasteiger partial charge in [-0.3, -0.25) is 4.79 Å². The molecule has 0 atom stereocenters. The van der Waals surface area contributed by atoms with Gasteiger partial charge in [0.15, 0.2) is 0 Å². The number of amides is 1. The van der Waals surface area contributed by atoms with Gasteiger partial charge in [-0.15, -0.1) is 0 Å². The van der Waals surface area contributed by atoms with Gasteiger partial charge in [0, 0.05) is 18.8 Å². The summed E-state index contributed by atoms with van der Waals surface area (Å²) >= 11 is 0. The van der Waals surface area contributed by atoms with E-state index in [4.69, 9.17) is 0 Å². The number of hydrogen-bond acceptors (Lipinski definition) is 3. The predicted molar refractivity (Wildman–Crippen MR) is 59.3 cm³/mol. The Balaban J connectivity index is 2.17. The number of hydrogen-bond donors (Lipinski definition) is 2. The fourth-order valence-corrected chi connectivity index (χ4v) is 1.35. The zero-order valence-corrected chi connectivity index (χ0v) is 8.71. The van der Waals surface area contributed by atoms with Crippen molar-refractivity contribution in [3.05, 3.63) is 42.5 Å². The smallest absolute Gasteiger partial charge is 0.273 e. The number of anilines is 1. The first-order valence-corrected chi connectivity index (χ1v) is 4.73. The summed E-state index contributed by atoms with van der Waals surface area (Å²) in [5, 5.41) is 11.9. The maximum Gasteiger partial charge on any atom is 0.273 e. The van der Waals surface area contributed by atoms with E-state index in [1.165, 1.54) is 12.3 Å². The van der Waals surface area contributed by atoms with E-state index in [0.717, 1.165) is 0 Å². The van der Waals surface area contributed by atoms with Gasteiger partial charge in [-0.1, -0.05) is 6.07 Å². The summed E-state index contributed by atoms with van der Waals surface area (Å²) in [4.78, 5) is 15.6. The first kappa shape index (κ1) is 10.2. The zero-order chi connectivity index (χ0) is 11.5. The molecule has 0 aliphatic rings. The largest absolute Gasteiger partial charge is 0.508 e. The van der Waals surface area contributed by atoms with E-state index < -0.39 is 0 Å². The third-order valence-electron chi connectivity index (χ3n) is 2.15. The number of aromatic hydroxyl groups is 1. The van der Waals surface area contributed by atoms with Crippen LogP contribution in [0.4, 0.5) is 5.69 Å². The quantitative estimate of drug-likeness (QED) is 0.798. The fraction of sp³-hybridized carbons (Fsp3) is 0.0909. The van der Waals surface area contributed by atoms with Crippen molar-refractivity contribution in [2.45, 2.75) is 0 Å². The first-order chi connectivity index (χ1) is 7.66. The number of phenolic OH excluding ortho intramolecular Hbond substituents is 1. The molecule has 82 valence electrons. The van der Waals surface area contributed by atoms with Crippen molar-refractivity contribution in [2.75, 3.05) is 5.32 Å². The summed E-state index contributed by atoms with van der Waals surface area (Å²) in [6.07, 6.45) is 3.04. The Hall–Kier alpha value is -2.30. The van der Waals surface area contributed by atoms with Crippen LogP contribution in [0.2, 0.25) is 0 Å². The standard InChI is InChI=1S/C11H11N3O2/c1-14-7-12-6-10(14)11(16)13-8-3-2-4-9(15)5-8/h2-7,15H,1H3,(H,13,16). The molecule has 1 amide bonds. The highest BCUT2D eigenvalue weighted by Gasteiger charge is 2.09. The molecule has 0 fully saturated rings. The summed E-state index contributed by atoms with van der Waals surface area (Å²) in [5.74, 6) is -0.145.